The third-order valence-electron chi connectivity index (χ3n) is 4.86. The number of ether oxygens (including phenoxy) is 1. The van der Waals surface area contributed by atoms with Crippen molar-refractivity contribution in [2.45, 2.75) is 37.8 Å². The summed E-state index contributed by atoms with van der Waals surface area (Å²) in [6, 6.07) is 9.86. The molecule has 2 saturated heterocycles. The summed E-state index contributed by atoms with van der Waals surface area (Å²) in [6.45, 7) is 2.17. The summed E-state index contributed by atoms with van der Waals surface area (Å²) in [4.78, 5) is 27.1. The zero-order valence-electron chi connectivity index (χ0n) is 12.5. The molecule has 2 fully saturated rings. The van der Waals surface area contributed by atoms with Crippen LogP contribution in [0.15, 0.2) is 30.3 Å². The van der Waals surface area contributed by atoms with Crippen LogP contribution in [0, 0.1) is 5.92 Å². The number of nitrogens with zero attached hydrogens (tertiary/aromatic N) is 1. The van der Waals surface area contributed by atoms with Gasteiger partial charge in [0.15, 0.2) is 5.78 Å². The molecule has 4 heteroatoms. The minimum Gasteiger partial charge on any atom is -0.466 e. The number of carbonyl (C=O) groups is 2. The van der Waals surface area contributed by atoms with E-state index in [-0.39, 0.29) is 35.7 Å². The second kappa shape index (κ2) is 5.60. The molecule has 112 valence electrons. The first-order valence-corrected chi connectivity index (χ1v) is 7.60. The number of esters is 1. The maximum atomic E-state index is 12.9. The first kappa shape index (κ1) is 14.3. The fraction of sp³-hybridized carbons (Fsp3) is 0.529. The van der Waals surface area contributed by atoms with E-state index >= 15 is 0 Å². The number of hydrogen-bond donors (Lipinski definition) is 0. The predicted octanol–water partition coefficient (Wildman–Crippen LogP) is 2.00. The van der Waals surface area contributed by atoms with Gasteiger partial charge in [-0.05, 0) is 32.4 Å². The number of fused-ring (bicyclic) bond motifs is 2. The highest BCUT2D eigenvalue weighted by molar-refractivity contribution is 5.96. The first-order valence-electron chi connectivity index (χ1n) is 7.60. The van der Waals surface area contributed by atoms with Gasteiger partial charge in [-0.2, -0.15) is 0 Å². The number of piperidine rings is 1. The summed E-state index contributed by atoms with van der Waals surface area (Å²) in [7, 11) is 1.95. The molecule has 4 nitrogen and oxygen atoms in total. The summed E-state index contributed by atoms with van der Waals surface area (Å²) in [5.41, 5.74) is 1.06. The molecule has 4 atom stereocenters. The molecule has 1 aromatic carbocycles. The minimum atomic E-state index is -0.326. The lowest BCUT2D eigenvalue weighted by molar-refractivity contribution is -0.151. The van der Waals surface area contributed by atoms with Gasteiger partial charge in [0.25, 0.3) is 0 Å². The molecule has 0 saturated carbocycles. The SMILES string of the molecule is CCOC(=O)[C@@H]1C[C@H]2CC(c3ccccc3)C(=O)[C@@H]1N2C. The largest absolute Gasteiger partial charge is 0.466 e. The van der Waals surface area contributed by atoms with E-state index in [0.717, 1.165) is 18.4 Å². The van der Waals surface area contributed by atoms with Gasteiger partial charge in [-0.3, -0.25) is 14.5 Å². The Bertz CT molecular complexity index is 542. The molecule has 0 radical (unpaired) electrons. The van der Waals surface area contributed by atoms with Crippen LogP contribution in [-0.4, -0.2) is 42.4 Å². The van der Waals surface area contributed by atoms with Crippen LogP contribution in [0.4, 0.5) is 0 Å². The maximum absolute atomic E-state index is 12.9. The molecule has 2 heterocycles. The highest BCUT2D eigenvalue weighted by Gasteiger charge is 2.53. The Hall–Kier alpha value is -1.68. The molecular weight excluding hydrogens is 266 g/mol. The van der Waals surface area contributed by atoms with E-state index in [2.05, 4.69) is 4.90 Å². The summed E-state index contributed by atoms with van der Waals surface area (Å²) in [5, 5.41) is 0. The van der Waals surface area contributed by atoms with Crippen molar-refractivity contribution in [1.29, 1.82) is 0 Å². The summed E-state index contributed by atoms with van der Waals surface area (Å²) in [5.74, 6) is -0.451. The molecule has 2 bridgehead atoms. The second-order valence-electron chi connectivity index (χ2n) is 5.96. The molecular formula is C17H21NO3. The van der Waals surface area contributed by atoms with E-state index in [9.17, 15) is 9.59 Å². The van der Waals surface area contributed by atoms with Crippen molar-refractivity contribution >= 4 is 11.8 Å². The van der Waals surface area contributed by atoms with Crippen molar-refractivity contribution in [3.05, 3.63) is 35.9 Å². The Morgan fingerprint density at radius 3 is 2.67 bits per heavy atom. The van der Waals surface area contributed by atoms with E-state index in [1.165, 1.54) is 0 Å². The lowest BCUT2D eigenvalue weighted by atomic mass is 9.83. The Labute approximate surface area is 125 Å². The average molecular weight is 287 g/mol. The third-order valence-corrected chi connectivity index (χ3v) is 4.86. The van der Waals surface area contributed by atoms with Crippen LogP contribution < -0.4 is 0 Å². The quantitative estimate of drug-likeness (QED) is 0.798. The molecule has 2 aliphatic rings. The molecule has 2 aliphatic heterocycles. The van der Waals surface area contributed by atoms with E-state index in [0.29, 0.717) is 6.61 Å². The number of rotatable bonds is 3. The van der Waals surface area contributed by atoms with Crippen molar-refractivity contribution in [3.8, 4) is 0 Å². The Morgan fingerprint density at radius 1 is 1.29 bits per heavy atom. The number of hydrogen-bond acceptors (Lipinski definition) is 4. The van der Waals surface area contributed by atoms with Crippen LogP contribution >= 0.6 is 0 Å². The van der Waals surface area contributed by atoms with Crippen molar-refractivity contribution in [3.63, 3.8) is 0 Å². The predicted molar refractivity (Wildman–Crippen MR) is 78.9 cm³/mol. The number of benzene rings is 1. The molecule has 0 amide bonds. The van der Waals surface area contributed by atoms with Crippen LogP contribution in [0.3, 0.4) is 0 Å². The molecule has 0 N–H and O–H groups in total. The minimum absolute atomic E-state index is 0.0863. The topological polar surface area (TPSA) is 46.6 Å². The van der Waals surface area contributed by atoms with Crippen molar-refractivity contribution in [1.82, 2.24) is 4.90 Å². The number of Topliss-reactive ketones (excluding diaryl/α,β-unsaturated/α-hetero) is 1. The Kier molecular flexibility index (Phi) is 3.81. The Balaban J connectivity index is 1.87. The van der Waals surface area contributed by atoms with Crippen LogP contribution in [0.2, 0.25) is 0 Å². The molecule has 0 spiro atoms. The van der Waals surface area contributed by atoms with Gasteiger partial charge in [0.2, 0.25) is 0 Å². The molecule has 0 aliphatic carbocycles. The molecule has 21 heavy (non-hydrogen) atoms. The number of ketones is 1. The first-order chi connectivity index (χ1) is 10.1. The van der Waals surface area contributed by atoms with Gasteiger partial charge < -0.3 is 4.74 Å². The summed E-state index contributed by atoms with van der Waals surface area (Å²) in [6.07, 6.45) is 1.53. The maximum Gasteiger partial charge on any atom is 0.311 e. The molecule has 3 rings (SSSR count). The highest BCUT2D eigenvalue weighted by Crippen LogP contribution is 2.43. The van der Waals surface area contributed by atoms with E-state index < -0.39 is 0 Å². The van der Waals surface area contributed by atoms with Gasteiger partial charge in [0, 0.05) is 12.0 Å². The van der Waals surface area contributed by atoms with Crippen molar-refractivity contribution in [2.24, 2.45) is 5.92 Å². The normalized spacial score (nSPS) is 32.2. The molecule has 1 unspecified atom stereocenters. The molecule has 0 aromatic heterocycles. The molecule has 1 aromatic rings. The van der Waals surface area contributed by atoms with Crippen LogP contribution in [0.1, 0.15) is 31.2 Å². The lowest BCUT2D eigenvalue weighted by Crippen LogP contribution is -2.49. The van der Waals surface area contributed by atoms with E-state index in [4.69, 9.17) is 4.74 Å². The van der Waals surface area contributed by atoms with Crippen molar-refractivity contribution < 1.29 is 14.3 Å². The van der Waals surface area contributed by atoms with Gasteiger partial charge in [-0.1, -0.05) is 30.3 Å². The van der Waals surface area contributed by atoms with Gasteiger partial charge in [-0.15, -0.1) is 0 Å². The van der Waals surface area contributed by atoms with Gasteiger partial charge in [0.1, 0.15) is 0 Å². The smallest absolute Gasteiger partial charge is 0.311 e. The lowest BCUT2D eigenvalue weighted by Gasteiger charge is -2.35. The fourth-order valence-electron chi connectivity index (χ4n) is 3.82. The van der Waals surface area contributed by atoms with E-state index in [1.54, 1.807) is 6.92 Å². The average Bonchev–Trinajstić information content (AvgIpc) is 2.72. The monoisotopic (exact) mass is 287 g/mol. The fourth-order valence-corrected chi connectivity index (χ4v) is 3.82. The van der Waals surface area contributed by atoms with Crippen molar-refractivity contribution in [2.75, 3.05) is 13.7 Å². The zero-order valence-corrected chi connectivity index (χ0v) is 12.5. The van der Waals surface area contributed by atoms with Gasteiger partial charge >= 0.3 is 5.97 Å². The Morgan fingerprint density at radius 2 is 2.00 bits per heavy atom. The second-order valence-corrected chi connectivity index (χ2v) is 5.96. The van der Waals surface area contributed by atoms with Gasteiger partial charge in [-0.25, -0.2) is 0 Å². The summed E-state index contributed by atoms with van der Waals surface area (Å²) >= 11 is 0. The number of likely N-dealkylation sites (N-methyl/N-ethyl adjacent to an activating group) is 1. The number of carbonyl (C=O) groups excluding carboxylic acids is 2. The zero-order chi connectivity index (χ0) is 15.0. The standard InChI is InChI=1S/C17H21NO3/c1-3-21-17(20)14-10-12-9-13(11-7-5-4-6-8-11)16(19)15(14)18(12)2/h4-8,12-15H,3,9-10H2,1-2H3/t12-,13?,14-,15-/m1/s1. The summed E-state index contributed by atoms with van der Waals surface area (Å²) < 4.78 is 5.15. The highest BCUT2D eigenvalue weighted by atomic mass is 16.5. The van der Waals surface area contributed by atoms with Gasteiger partial charge in [0.05, 0.1) is 18.6 Å². The third kappa shape index (κ3) is 2.38. The van der Waals surface area contributed by atoms with E-state index in [1.807, 2.05) is 37.4 Å². The van der Waals surface area contributed by atoms with Crippen LogP contribution in [-0.2, 0) is 14.3 Å². The van der Waals surface area contributed by atoms with Crippen LogP contribution in [0.5, 0.6) is 0 Å². The van der Waals surface area contributed by atoms with Crippen LogP contribution in [0.25, 0.3) is 0 Å².